The van der Waals surface area contributed by atoms with Crippen LogP contribution in [0, 0.1) is 5.92 Å². The van der Waals surface area contributed by atoms with E-state index in [1.54, 1.807) is 54.6 Å². The smallest absolute Gasteiger partial charge is 0.338 e. The Hall–Kier alpha value is -3.63. The Bertz CT molecular complexity index is 1340. The number of nitrogens with zero attached hydrogens (tertiary/aromatic N) is 3. The second-order valence-corrected chi connectivity index (χ2v) is 10.8. The molecule has 3 rings (SSSR count). The molecule has 2 aromatic carbocycles. The van der Waals surface area contributed by atoms with Crippen molar-refractivity contribution in [3.63, 3.8) is 0 Å². The number of halogens is 1. The number of hydrogen-bond donors (Lipinski definition) is 2. The molecule has 3 aromatic rings. The van der Waals surface area contributed by atoms with Gasteiger partial charge < -0.3 is 19.9 Å². The number of hydrogen-bond acceptors (Lipinski definition) is 7. The highest BCUT2D eigenvalue weighted by Gasteiger charge is 2.25. The van der Waals surface area contributed by atoms with Crippen LogP contribution >= 0.6 is 23.4 Å². The number of carbonyl (C=O) groups is 3. The second-order valence-electron chi connectivity index (χ2n) is 9.43. The fraction of sp³-hybridized carbons (Fsp3) is 0.345. The Balaban J connectivity index is 1.73. The highest BCUT2D eigenvalue weighted by molar-refractivity contribution is 7.99. The Kier molecular flexibility index (Phi) is 11.8. The number of benzene rings is 2. The second kappa shape index (κ2) is 15.2. The lowest BCUT2D eigenvalue weighted by Gasteiger charge is -2.21. The summed E-state index contributed by atoms with van der Waals surface area (Å²) in [6.07, 6.45) is 3.06. The molecule has 0 aliphatic rings. The summed E-state index contributed by atoms with van der Waals surface area (Å²) >= 11 is 7.46. The van der Waals surface area contributed by atoms with Gasteiger partial charge in [-0.1, -0.05) is 68.4 Å². The predicted octanol–water partition coefficient (Wildman–Crippen LogP) is 5.93. The molecule has 0 saturated carbocycles. The summed E-state index contributed by atoms with van der Waals surface area (Å²) in [6, 6.07) is 13.0. The third kappa shape index (κ3) is 8.69. The SMILES string of the molecule is C=CCn1c(SCC(=O)Nc2cccc(C(=O)OCCC)c2)nnc1[C@H](CC(C)C)NC(=O)c1ccccc1Cl. The summed E-state index contributed by atoms with van der Waals surface area (Å²) in [5.74, 6) is -0.142. The van der Waals surface area contributed by atoms with E-state index < -0.39 is 12.0 Å². The molecule has 2 N–H and O–H groups in total. The topological polar surface area (TPSA) is 115 Å². The molecular formula is C29H34ClN5O4S. The molecule has 0 radical (unpaired) electrons. The number of anilines is 1. The summed E-state index contributed by atoms with van der Waals surface area (Å²) in [7, 11) is 0. The minimum atomic E-state index is -0.436. The van der Waals surface area contributed by atoms with E-state index in [0.717, 1.165) is 6.42 Å². The molecule has 9 nitrogen and oxygen atoms in total. The molecule has 11 heteroatoms. The van der Waals surface area contributed by atoms with Crippen LogP contribution in [0.5, 0.6) is 0 Å². The fourth-order valence-electron chi connectivity index (χ4n) is 3.88. The number of amides is 2. The van der Waals surface area contributed by atoms with Crippen molar-refractivity contribution in [3.05, 3.63) is 83.2 Å². The standard InChI is InChI=1S/C29H34ClN5O4S/c1-5-14-35-26(24(16-19(3)4)32-27(37)22-12-7-8-13-23(22)30)33-34-29(35)40-18-25(36)31-21-11-9-10-20(17-21)28(38)39-15-6-2/h5,7-13,17,19,24H,1,6,14-16,18H2,2-4H3,(H,31,36)(H,32,37)/t24-/m0/s1. The number of rotatable bonds is 14. The predicted molar refractivity (Wildman–Crippen MR) is 158 cm³/mol. The van der Waals surface area contributed by atoms with Gasteiger partial charge in [-0.25, -0.2) is 4.79 Å². The molecule has 40 heavy (non-hydrogen) atoms. The van der Waals surface area contributed by atoms with Gasteiger partial charge in [-0.05, 0) is 49.1 Å². The third-order valence-corrected chi connectivity index (χ3v) is 6.95. The average molecular weight is 584 g/mol. The van der Waals surface area contributed by atoms with E-state index in [2.05, 4.69) is 41.3 Å². The minimum absolute atomic E-state index is 0.0562. The average Bonchev–Trinajstić information content (AvgIpc) is 3.32. The van der Waals surface area contributed by atoms with Crippen molar-refractivity contribution in [3.8, 4) is 0 Å². The van der Waals surface area contributed by atoms with E-state index in [1.807, 2.05) is 11.5 Å². The number of ether oxygens (including phenoxy) is 1. The molecule has 0 aliphatic carbocycles. The van der Waals surface area contributed by atoms with Crippen LogP contribution in [0.3, 0.4) is 0 Å². The lowest BCUT2D eigenvalue weighted by Crippen LogP contribution is -2.32. The number of nitrogens with one attached hydrogen (secondary N) is 2. The molecule has 1 atom stereocenters. The van der Waals surface area contributed by atoms with Gasteiger partial charge in [-0.2, -0.15) is 0 Å². The number of carbonyl (C=O) groups excluding carboxylic acids is 3. The van der Waals surface area contributed by atoms with Gasteiger partial charge in [0.1, 0.15) is 0 Å². The van der Waals surface area contributed by atoms with E-state index >= 15 is 0 Å². The van der Waals surface area contributed by atoms with Crippen molar-refractivity contribution >= 4 is 46.8 Å². The molecule has 1 aromatic heterocycles. The molecule has 212 valence electrons. The summed E-state index contributed by atoms with van der Waals surface area (Å²) < 4.78 is 7.01. The van der Waals surface area contributed by atoms with Crippen molar-refractivity contribution in [1.82, 2.24) is 20.1 Å². The van der Waals surface area contributed by atoms with E-state index in [4.69, 9.17) is 16.3 Å². The van der Waals surface area contributed by atoms with Gasteiger partial charge in [-0.3, -0.25) is 9.59 Å². The van der Waals surface area contributed by atoms with Gasteiger partial charge in [-0.15, -0.1) is 16.8 Å². The first kappa shape index (κ1) is 30.9. The van der Waals surface area contributed by atoms with Crippen LogP contribution < -0.4 is 10.6 Å². The third-order valence-electron chi connectivity index (χ3n) is 5.65. The summed E-state index contributed by atoms with van der Waals surface area (Å²) in [6.45, 7) is 10.6. The van der Waals surface area contributed by atoms with Crippen LogP contribution in [0.1, 0.15) is 66.2 Å². The molecule has 0 saturated heterocycles. The van der Waals surface area contributed by atoms with E-state index in [-0.39, 0.29) is 23.5 Å². The van der Waals surface area contributed by atoms with E-state index in [1.165, 1.54) is 11.8 Å². The van der Waals surface area contributed by atoms with Crippen LogP contribution in [-0.2, 0) is 16.1 Å². The van der Waals surface area contributed by atoms with Crippen LogP contribution in [-0.4, -0.2) is 44.9 Å². The molecule has 0 bridgehead atoms. The Morgan fingerprint density at radius 2 is 1.93 bits per heavy atom. The number of esters is 1. The van der Waals surface area contributed by atoms with Gasteiger partial charge in [0.15, 0.2) is 11.0 Å². The molecule has 0 aliphatic heterocycles. The molecule has 2 amide bonds. The van der Waals surface area contributed by atoms with Gasteiger partial charge >= 0.3 is 5.97 Å². The maximum Gasteiger partial charge on any atom is 0.338 e. The van der Waals surface area contributed by atoms with Crippen molar-refractivity contribution in [2.45, 2.75) is 51.4 Å². The zero-order chi connectivity index (χ0) is 29.1. The van der Waals surface area contributed by atoms with Crippen LogP contribution in [0.2, 0.25) is 5.02 Å². The van der Waals surface area contributed by atoms with Crippen molar-refractivity contribution in [2.75, 3.05) is 17.7 Å². The van der Waals surface area contributed by atoms with E-state index in [0.29, 0.717) is 52.4 Å². The Morgan fingerprint density at radius 3 is 2.62 bits per heavy atom. The fourth-order valence-corrected chi connectivity index (χ4v) is 4.85. The zero-order valence-electron chi connectivity index (χ0n) is 22.9. The summed E-state index contributed by atoms with van der Waals surface area (Å²) in [5, 5.41) is 15.4. The maximum atomic E-state index is 13.1. The highest BCUT2D eigenvalue weighted by atomic mass is 35.5. The molecule has 1 heterocycles. The number of aromatic nitrogens is 3. The van der Waals surface area contributed by atoms with Crippen molar-refractivity contribution < 1.29 is 19.1 Å². The van der Waals surface area contributed by atoms with Gasteiger partial charge in [0.2, 0.25) is 5.91 Å². The molecular weight excluding hydrogens is 550 g/mol. The zero-order valence-corrected chi connectivity index (χ0v) is 24.4. The van der Waals surface area contributed by atoms with Gasteiger partial charge in [0.05, 0.1) is 34.6 Å². The summed E-state index contributed by atoms with van der Waals surface area (Å²) in [4.78, 5) is 37.9. The monoisotopic (exact) mass is 583 g/mol. The Morgan fingerprint density at radius 1 is 1.15 bits per heavy atom. The van der Waals surface area contributed by atoms with Crippen molar-refractivity contribution in [2.24, 2.45) is 5.92 Å². The normalized spacial score (nSPS) is 11.6. The van der Waals surface area contributed by atoms with E-state index in [9.17, 15) is 14.4 Å². The van der Waals surface area contributed by atoms with Crippen LogP contribution in [0.15, 0.2) is 66.3 Å². The lowest BCUT2D eigenvalue weighted by atomic mass is 10.0. The number of thioether (sulfide) groups is 1. The maximum absolute atomic E-state index is 13.1. The van der Waals surface area contributed by atoms with Crippen LogP contribution in [0.4, 0.5) is 5.69 Å². The molecule has 0 unspecified atom stereocenters. The van der Waals surface area contributed by atoms with Crippen LogP contribution in [0.25, 0.3) is 0 Å². The largest absolute Gasteiger partial charge is 0.462 e. The first-order chi connectivity index (χ1) is 19.2. The molecule has 0 fully saturated rings. The Labute approximate surface area is 243 Å². The lowest BCUT2D eigenvalue weighted by molar-refractivity contribution is -0.113. The minimum Gasteiger partial charge on any atom is -0.462 e. The number of allylic oxidation sites excluding steroid dienone is 1. The molecule has 0 spiro atoms. The van der Waals surface area contributed by atoms with Gasteiger partial charge in [0, 0.05) is 12.2 Å². The first-order valence-electron chi connectivity index (χ1n) is 13.0. The summed E-state index contributed by atoms with van der Waals surface area (Å²) in [5.41, 5.74) is 1.23. The quantitative estimate of drug-likeness (QED) is 0.137. The van der Waals surface area contributed by atoms with Gasteiger partial charge in [0.25, 0.3) is 5.91 Å². The van der Waals surface area contributed by atoms with Crippen molar-refractivity contribution in [1.29, 1.82) is 0 Å². The highest BCUT2D eigenvalue weighted by Crippen LogP contribution is 2.26. The first-order valence-corrected chi connectivity index (χ1v) is 14.4.